The SMILES string of the molecule is O=Cc1cc(F)c(SCCCCC2(c3ccccc3)CCCCC2)cc1F. The highest BCUT2D eigenvalue weighted by Gasteiger charge is 2.32. The molecule has 3 rings (SSSR count). The van der Waals surface area contributed by atoms with Gasteiger partial charge in [-0.2, -0.15) is 0 Å². The molecule has 27 heavy (non-hydrogen) atoms. The molecule has 0 aromatic heterocycles. The van der Waals surface area contributed by atoms with Gasteiger partial charge in [-0.25, -0.2) is 8.78 Å². The van der Waals surface area contributed by atoms with Gasteiger partial charge in [-0.05, 0) is 54.5 Å². The van der Waals surface area contributed by atoms with E-state index in [0.717, 1.165) is 37.1 Å². The molecule has 0 spiro atoms. The first-order valence-electron chi connectivity index (χ1n) is 9.77. The summed E-state index contributed by atoms with van der Waals surface area (Å²) in [6, 6.07) is 13.0. The molecule has 144 valence electrons. The van der Waals surface area contributed by atoms with Crippen LogP contribution in [0.5, 0.6) is 0 Å². The number of unbranched alkanes of at least 4 members (excludes halogenated alkanes) is 1. The number of aldehydes is 1. The maximum atomic E-state index is 14.0. The molecule has 1 saturated carbocycles. The van der Waals surface area contributed by atoms with Gasteiger partial charge in [-0.15, -0.1) is 11.8 Å². The first-order chi connectivity index (χ1) is 13.1. The van der Waals surface area contributed by atoms with Gasteiger partial charge in [-0.1, -0.05) is 56.0 Å². The van der Waals surface area contributed by atoms with Gasteiger partial charge in [0.25, 0.3) is 0 Å². The van der Waals surface area contributed by atoms with Crippen LogP contribution in [0.2, 0.25) is 0 Å². The number of hydrogen-bond acceptors (Lipinski definition) is 2. The van der Waals surface area contributed by atoms with Gasteiger partial charge in [0.15, 0.2) is 6.29 Å². The summed E-state index contributed by atoms with van der Waals surface area (Å²) in [6.45, 7) is 0. The van der Waals surface area contributed by atoms with E-state index in [1.54, 1.807) is 0 Å². The van der Waals surface area contributed by atoms with E-state index in [2.05, 4.69) is 30.3 Å². The van der Waals surface area contributed by atoms with Crippen LogP contribution in [0.25, 0.3) is 0 Å². The highest BCUT2D eigenvalue weighted by Crippen LogP contribution is 2.43. The van der Waals surface area contributed by atoms with Crippen molar-refractivity contribution in [1.82, 2.24) is 0 Å². The predicted octanol–water partition coefficient (Wildman–Crippen LogP) is 6.94. The van der Waals surface area contributed by atoms with Crippen molar-refractivity contribution in [2.45, 2.75) is 61.7 Å². The number of thioether (sulfide) groups is 1. The van der Waals surface area contributed by atoms with Gasteiger partial charge in [0.1, 0.15) is 11.6 Å². The van der Waals surface area contributed by atoms with Crippen molar-refractivity contribution in [2.75, 3.05) is 5.75 Å². The lowest BCUT2D eigenvalue weighted by molar-refractivity contribution is 0.111. The molecule has 0 radical (unpaired) electrons. The standard InChI is InChI=1S/C23H26F2OS/c24-20-16-22(21(25)15-18(20)17-26)27-14-8-7-13-23(11-5-2-6-12-23)19-9-3-1-4-10-19/h1,3-4,9-10,15-17H,2,5-8,11-14H2. The zero-order chi connectivity index (χ0) is 19.1. The number of rotatable bonds is 8. The molecule has 0 amide bonds. The summed E-state index contributed by atoms with van der Waals surface area (Å²) in [4.78, 5) is 11.0. The van der Waals surface area contributed by atoms with Crippen molar-refractivity contribution in [3.05, 3.63) is 65.2 Å². The lowest BCUT2D eigenvalue weighted by Gasteiger charge is -2.38. The van der Waals surface area contributed by atoms with Crippen molar-refractivity contribution >= 4 is 18.0 Å². The molecule has 1 aliphatic carbocycles. The van der Waals surface area contributed by atoms with Crippen LogP contribution < -0.4 is 0 Å². The van der Waals surface area contributed by atoms with E-state index < -0.39 is 11.6 Å². The molecule has 0 heterocycles. The average Bonchev–Trinajstić information content (AvgIpc) is 2.71. The Hall–Kier alpha value is -1.68. The molecule has 1 nitrogen and oxygen atoms in total. The van der Waals surface area contributed by atoms with Crippen molar-refractivity contribution in [3.63, 3.8) is 0 Å². The Bertz CT molecular complexity index is 754. The van der Waals surface area contributed by atoms with Crippen LogP contribution in [0.1, 0.15) is 67.3 Å². The molecule has 1 aliphatic rings. The first kappa shape index (κ1) is 20.1. The number of benzene rings is 2. The highest BCUT2D eigenvalue weighted by atomic mass is 32.2. The topological polar surface area (TPSA) is 17.1 Å². The fourth-order valence-electron chi connectivity index (χ4n) is 4.20. The monoisotopic (exact) mass is 388 g/mol. The third-order valence-electron chi connectivity index (χ3n) is 5.68. The minimum absolute atomic E-state index is 0.223. The molecular formula is C23H26F2OS. The molecular weight excluding hydrogens is 362 g/mol. The minimum Gasteiger partial charge on any atom is -0.298 e. The van der Waals surface area contributed by atoms with Crippen molar-refractivity contribution in [2.24, 2.45) is 0 Å². The Labute approximate surface area is 164 Å². The van der Waals surface area contributed by atoms with Gasteiger partial charge in [0.05, 0.1) is 5.56 Å². The summed E-state index contributed by atoms with van der Waals surface area (Å²) in [5.74, 6) is -0.419. The zero-order valence-electron chi connectivity index (χ0n) is 15.6. The Morgan fingerprint density at radius 2 is 1.70 bits per heavy atom. The van der Waals surface area contributed by atoms with Gasteiger partial charge in [0, 0.05) is 4.90 Å². The minimum atomic E-state index is -0.654. The molecule has 0 bridgehead atoms. The highest BCUT2D eigenvalue weighted by molar-refractivity contribution is 7.99. The Morgan fingerprint density at radius 3 is 2.41 bits per heavy atom. The molecule has 0 N–H and O–H groups in total. The van der Waals surface area contributed by atoms with Crippen LogP contribution in [-0.4, -0.2) is 12.0 Å². The van der Waals surface area contributed by atoms with E-state index in [9.17, 15) is 13.6 Å². The van der Waals surface area contributed by atoms with Crippen LogP contribution in [0.15, 0.2) is 47.4 Å². The molecule has 2 aromatic carbocycles. The fourth-order valence-corrected chi connectivity index (χ4v) is 5.15. The molecule has 0 atom stereocenters. The van der Waals surface area contributed by atoms with Crippen molar-refractivity contribution in [1.29, 1.82) is 0 Å². The summed E-state index contributed by atoms with van der Waals surface area (Å²) >= 11 is 1.33. The second-order valence-electron chi connectivity index (χ2n) is 7.43. The molecule has 4 heteroatoms. The average molecular weight is 389 g/mol. The van der Waals surface area contributed by atoms with E-state index in [4.69, 9.17) is 0 Å². The fraction of sp³-hybridized carbons (Fsp3) is 0.435. The van der Waals surface area contributed by atoms with Crippen molar-refractivity contribution < 1.29 is 13.6 Å². The van der Waals surface area contributed by atoms with Gasteiger partial charge in [-0.3, -0.25) is 4.79 Å². The number of halogens is 2. The molecule has 0 aliphatic heterocycles. The number of carbonyl (C=O) groups excluding carboxylic acids is 1. The summed E-state index contributed by atoms with van der Waals surface area (Å²) < 4.78 is 27.6. The summed E-state index contributed by atoms with van der Waals surface area (Å²) in [7, 11) is 0. The van der Waals surface area contributed by atoms with Gasteiger partial charge in [0.2, 0.25) is 0 Å². The third-order valence-corrected chi connectivity index (χ3v) is 6.80. The maximum absolute atomic E-state index is 14.0. The van der Waals surface area contributed by atoms with Crippen molar-refractivity contribution in [3.8, 4) is 0 Å². The summed E-state index contributed by atoms with van der Waals surface area (Å²) in [5.41, 5.74) is 1.52. The number of carbonyl (C=O) groups is 1. The Balaban J connectivity index is 1.54. The summed E-state index contributed by atoms with van der Waals surface area (Å²) in [6.07, 6.45) is 9.95. The second kappa shape index (κ2) is 9.50. The molecule has 0 unspecified atom stereocenters. The largest absolute Gasteiger partial charge is 0.298 e. The molecule has 1 fully saturated rings. The first-order valence-corrected chi connectivity index (χ1v) is 10.8. The van der Waals surface area contributed by atoms with E-state index in [0.29, 0.717) is 6.29 Å². The molecule has 0 saturated heterocycles. The normalized spacial score (nSPS) is 16.2. The van der Waals surface area contributed by atoms with Crippen LogP contribution in [0.3, 0.4) is 0 Å². The van der Waals surface area contributed by atoms with E-state index >= 15 is 0 Å². The van der Waals surface area contributed by atoms with E-state index in [1.807, 2.05) is 0 Å². The zero-order valence-corrected chi connectivity index (χ0v) is 16.4. The quantitative estimate of drug-likeness (QED) is 0.277. The molecule has 2 aromatic rings. The van der Waals surface area contributed by atoms with Crippen LogP contribution >= 0.6 is 11.8 Å². The number of hydrogen-bond donors (Lipinski definition) is 0. The van der Waals surface area contributed by atoms with E-state index in [-0.39, 0.29) is 15.9 Å². The van der Waals surface area contributed by atoms with Crippen LogP contribution in [0.4, 0.5) is 8.78 Å². The Morgan fingerprint density at radius 1 is 0.963 bits per heavy atom. The third kappa shape index (κ3) is 4.98. The second-order valence-corrected chi connectivity index (χ2v) is 8.57. The predicted molar refractivity (Wildman–Crippen MR) is 108 cm³/mol. The maximum Gasteiger partial charge on any atom is 0.153 e. The lowest BCUT2D eigenvalue weighted by atomic mass is 9.67. The Kier molecular flexibility index (Phi) is 7.06. The van der Waals surface area contributed by atoms with E-state index in [1.165, 1.54) is 49.4 Å². The van der Waals surface area contributed by atoms with Gasteiger partial charge >= 0.3 is 0 Å². The van der Waals surface area contributed by atoms with Gasteiger partial charge < -0.3 is 0 Å². The smallest absolute Gasteiger partial charge is 0.153 e. The van der Waals surface area contributed by atoms with Crippen LogP contribution in [0, 0.1) is 11.6 Å². The summed E-state index contributed by atoms with van der Waals surface area (Å²) in [5, 5.41) is 0. The lowest BCUT2D eigenvalue weighted by Crippen LogP contribution is -2.29. The van der Waals surface area contributed by atoms with Crippen LogP contribution in [-0.2, 0) is 5.41 Å².